The van der Waals surface area contributed by atoms with Gasteiger partial charge < -0.3 is 15.3 Å². The van der Waals surface area contributed by atoms with E-state index in [0.717, 1.165) is 43.7 Å². The molecule has 2 heterocycles. The van der Waals surface area contributed by atoms with Gasteiger partial charge in [0, 0.05) is 23.2 Å². The van der Waals surface area contributed by atoms with E-state index >= 15 is 0 Å². The molecular weight excluding hydrogens is 397 g/mol. The number of carbonyl (C=O) groups excluding carboxylic acids is 1. The number of aliphatic carboxylic acids is 1. The Morgan fingerprint density at radius 3 is 2.23 bits per heavy atom. The summed E-state index contributed by atoms with van der Waals surface area (Å²) in [5.74, 6) is -2.64. The molecule has 0 atom stereocenters. The predicted octanol–water partition coefficient (Wildman–Crippen LogP) is 3.91. The van der Waals surface area contributed by atoms with Crippen LogP contribution >= 0.6 is 0 Å². The first kappa shape index (κ1) is 21.8. The number of aryl methyl sites for hydroxylation is 1. The molecule has 1 saturated heterocycles. The van der Waals surface area contributed by atoms with E-state index in [-0.39, 0.29) is 11.3 Å². The van der Waals surface area contributed by atoms with E-state index < -0.39 is 12.1 Å². The quantitative estimate of drug-likeness (QED) is 0.734. The van der Waals surface area contributed by atoms with Crippen molar-refractivity contribution in [1.82, 2.24) is 5.32 Å². The Morgan fingerprint density at radius 2 is 1.67 bits per heavy atom. The lowest BCUT2D eigenvalue weighted by Crippen LogP contribution is -2.44. The number of carboxylic acid groups (broad SMARTS) is 1. The molecule has 0 saturated carbocycles. The molecule has 2 aliphatic rings. The third-order valence-electron chi connectivity index (χ3n) is 5.54. The molecule has 0 bridgehead atoms. The van der Waals surface area contributed by atoms with E-state index in [1.807, 2.05) is 35.2 Å². The molecule has 1 fully saturated rings. The van der Waals surface area contributed by atoms with Gasteiger partial charge in [-0.25, -0.2) is 4.79 Å². The summed E-state index contributed by atoms with van der Waals surface area (Å²) in [5.41, 5.74) is 4.63. The van der Waals surface area contributed by atoms with Gasteiger partial charge in [0.05, 0.1) is 0 Å². The molecule has 160 valence electrons. The SMILES string of the molecule is Cc1ccc2c(c1)C1(CCNCC1)CN2C(=O)c1ccccc1.O=C(O)C(F)(F)F. The van der Waals surface area contributed by atoms with Crippen LogP contribution in [0.15, 0.2) is 48.5 Å². The van der Waals surface area contributed by atoms with E-state index in [2.05, 4.69) is 30.4 Å². The van der Waals surface area contributed by atoms with Gasteiger partial charge in [-0.05, 0) is 56.6 Å². The van der Waals surface area contributed by atoms with Gasteiger partial charge in [0.15, 0.2) is 0 Å². The summed E-state index contributed by atoms with van der Waals surface area (Å²) in [6.45, 7) is 5.00. The highest BCUT2D eigenvalue weighted by atomic mass is 19.4. The van der Waals surface area contributed by atoms with E-state index in [1.165, 1.54) is 11.1 Å². The minimum atomic E-state index is -5.08. The summed E-state index contributed by atoms with van der Waals surface area (Å²) in [6.07, 6.45) is -2.88. The largest absolute Gasteiger partial charge is 0.490 e. The van der Waals surface area contributed by atoms with Gasteiger partial charge in [0.25, 0.3) is 5.91 Å². The molecule has 2 aliphatic heterocycles. The number of hydrogen-bond acceptors (Lipinski definition) is 3. The summed E-state index contributed by atoms with van der Waals surface area (Å²) in [7, 11) is 0. The molecule has 2 aromatic rings. The molecule has 8 heteroatoms. The van der Waals surface area contributed by atoms with Crippen LogP contribution in [0.1, 0.15) is 34.3 Å². The minimum absolute atomic E-state index is 0.117. The van der Waals surface area contributed by atoms with Crippen LogP contribution in [-0.4, -0.2) is 42.8 Å². The maximum atomic E-state index is 13.0. The highest BCUT2D eigenvalue weighted by Crippen LogP contribution is 2.46. The highest BCUT2D eigenvalue weighted by Gasteiger charge is 2.45. The van der Waals surface area contributed by atoms with Crippen molar-refractivity contribution in [1.29, 1.82) is 0 Å². The maximum absolute atomic E-state index is 13.0. The topological polar surface area (TPSA) is 69.6 Å². The van der Waals surface area contributed by atoms with E-state index in [4.69, 9.17) is 9.90 Å². The Kier molecular flexibility index (Phi) is 6.17. The first-order chi connectivity index (χ1) is 14.1. The predicted molar refractivity (Wildman–Crippen MR) is 107 cm³/mol. The lowest BCUT2D eigenvalue weighted by atomic mass is 9.74. The normalized spacial score (nSPS) is 17.1. The van der Waals surface area contributed by atoms with Gasteiger partial charge in [-0.3, -0.25) is 4.79 Å². The number of anilines is 1. The van der Waals surface area contributed by atoms with Crippen LogP contribution in [0.4, 0.5) is 18.9 Å². The Labute approximate surface area is 172 Å². The molecule has 5 nitrogen and oxygen atoms in total. The summed E-state index contributed by atoms with van der Waals surface area (Å²) >= 11 is 0. The minimum Gasteiger partial charge on any atom is -0.475 e. The molecule has 0 aliphatic carbocycles. The number of fused-ring (bicyclic) bond motifs is 2. The second kappa shape index (κ2) is 8.47. The second-order valence-corrected chi connectivity index (χ2v) is 7.61. The van der Waals surface area contributed by atoms with Crippen molar-refractivity contribution >= 4 is 17.6 Å². The summed E-state index contributed by atoms with van der Waals surface area (Å²) in [4.78, 5) is 23.9. The number of piperidine rings is 1. The molecule has 30 heavy (non-hydrogen) atoms. The summed E-state index contributed by atoms with van der Waals surface area (Å²) in [6, 6.07) is 16.2. The smallest absolute Gasteiger partial charge is 0.475 e. The fraction of sp³-hybridized carbons (Fsp3) is 0.364. The van der Waals surface area contributed by atoms with Gasteiger partial charge in [-0.15, -0.1) is 0 Å². The van der Waals surface area contributed by atoms with Crippen molar-refractivity contribution in [2.24, 2.45) is 0 Å². The van der Waals surface area contributed by atoms with Crippen molar-refractivity contribution < 1.29 is 27.9 Å². The number of benzene rings is 2. The first-order valence-electron chi connectivity index (χ1n) is 9.63. The van der Waals surface area contributed by atoms with Gasteiger partial charge in [-0.2, -0.15) is 13.2 Å². The van der Waals surface area contributed by atoms with Crippen LogP contribution in [0, 0.1) is 6.92 Å². The third-order valence-corrected chi connectivity index (χ3v) is 5.54. The van der Waals surface area contributed by atoms with E-state index in [0.29, 0.717) is 0 Å². The number of carboxylic acids is 1. The summed E-state index contributed by atoms with van der Waals surface area (Å²) in [5, 5.41) is 10.6. The lowest BCUT2D eigenvalue weighted by molar-refractivity contribution is -0.192. The Bertz CT molecular complexity index is 923. The number of nitrogens with one attached hydrogen (secondary N) is 1. The molecule has 0 aromatic heterocycles. The number of carbonyl (C=O) groups is 2. The monoisotopic (exact) mass is 420 g/mol. The van der Waals surface area contributed by atoms with Crippen LogP contribution in [0.5, 0.6) is 0 Å². The Balaban J connectivity index is 0.000000318. The van der Waals surface area contributed by atoms with Gasteiger partial charge in [0.1, 0.15) is 0 Å². The van der Waals surface area contributed by atoms with Gasteiger partial charge >= 0.3 is 12.1 Å². The van der Waals surface area contributed by atoms with Crippen LogP contribution in [0.3, 0.4) is 0 Å². The first-order valence-corrected chi connectivity index (χ1v) is 9.63. The number of rotatable bonds is 1. The molecule has 2 aromatic carbocycles. The fourth-order valence-corrected chi connectivity index (χ4v) is 4.03. The molecular formula is C22H23F3N2O3. The van der Waals surface area contributed by atoms with Crippen molar-refractivity contribution in [3.8, 4) is 0 Å². The highest BCUT2D eigenvalue weighted by molar-refractivity contribution is 6.07. The average molecular weight is 420 g/mol. The zero-order valence-electron chi connectivity index (χ0n) is 16.5. The number of amides is 1. The van der Waals surface area contributed by atoms with Crippen molar-refractivity contribution in [3.05, 3.63) is 65.2 Å². The van der Waals surface area contributed by atoms with Crippen molar-refractivity contribution in [2.75, 3.05) is 24.5 Å². The van der Waals surface area contributed by atoms with Crippen LogP contribution < -0.4 is 10.2 Å². The zero-order valence-corrected chi connectivity index (χ0v) is 16.5. The lowest BCUT2D eigenvalue weighted by Gasteiger charge is -2.34. The molecule has 4 rings (SSSR count). The molecule has 1 spiro atoms. The van der Waals surface area contributed by atoms with Crippen molar-refractivity contribution in [2.45, 2.75) is 31.4 Å². The van der Waals surface area contributed by atoms with Gasteiger partial charge in [-0.1, -0.05) is 35.9 Å². The number of halogens is 3. The van der Waals surface area contributed by atoms with Crippen LogP contribution in [0.2, 0.25) is 0 Å². The van der Waals surface area contributed by atoms with Crippen LogP contribution in [0.25, 0.3) is 0 Å². The average Bonchev–Trinajstić information content (AvgIpc) is 3.01. The Morgan fingerprint density at radius 1 is 1.07 bits per heavy atom. The third kappa shape index (κ3) is 4.48. The number of nitrogens with zero attached hydrogens (tertiary/aromatic N) is 1. The number of hydrogen-bond donors (Lipinski definition) is 2. The van der Waals surface area contributed by atoms with Crippen molar-refractivity contribution in [3.63, 3.8) is 0 Å². The fourth-order valence-electron chi connectivity index (χ4n) is 4.03. The molecule has 0 unspecified atom stereocenters. The Hall–Kier alpha value is -2.87. The van der Waals surface area contributed by atoms with E-state index in [1.54, 1.807) is 0 Å². The zero-order chi connectivity index (χ0) is 21.9. The summed E-state index contributed by atoms with van der Waals surface area (Å²) < 4.78 is 31.7. The van der Waals surface area contributed by atoms with E-state index in [9.17, 15) is 18.0 Å². The molecule has 1 amide bonds. The van der Waals surface area contributed by atoms with Crippen LogP contribution in [-0.2, 0) is 10.2 Å². The van der Waals surface area contributed by atoms with Gasteiger partial charge in [0.2, 0.25) is 0 Å². The molecule has 2 N–H and O–H groups in total. The second-order valence-electron chi connectivity index (χ2n) is 7.61. The molecule has 0 radical (unpaired) electrons. The standard InChI is InChI=1S/C20H22N2O.C2HF3O2/c1-15-7-8-18-17(13-15)20(9-11-21-12-10-20)14-22(18)19(23)16-5-3-2-4-6-16;3-2(4,5)1(6)7/h2-8,13,21H,9-12,14H2,1H3;(H,6,7). The number of alkyl halides is 3. The maximum Gasteiger partial charge on any atom is 0.490 e.